The highest BCUT2D eigenvalue weighted by Crippen LogP contribution is 2.62. The van der Waals surface area contributed by atoms with Crippen molar-refractivity contribution in [3.05, 3.63) is 62.7 Å². The van der Waals surface area contributed by atoms with Gasteiger partial charge in [-0.2, -0.15) is 12.6 Å². The predicted octanol–water partition coefficient (Wildman–Crippen LogP) is 3.44. The molecule has 5 aliphatic rings. The van der Waals surface area contributed by atoms with Crippen LogP contribution in [0.3, 0.4) is 0 Å². The van der Waals surface area contributed by atoms with Gasteiger partial charge in [0, 0.05) is 47.0 Å². The van der Waals surface area contributed by atoms with E-state index in [-0.39, 0.29) is 36.4 Å². The maximum absolute atomic E-state index is 14.1. The number of esters is 2. The van der Waals surface area contributed by atoms with Crippen molar-refractivity contribution >= 4 is 24.6 Å². The van der Waals surface area contributed by atoms with Gasteiger partial charge in [-0.3, -0.25) is 14.6 Å². The van der Waals surface area contributed by atoms with E-state index in [2.05, 4.69) is 10.2 Å². The number of hydrogen-bond donors (Lipinski definition) is 5. The maximum Gasteiger partial charge on any atom is 0.327 e. The Morgan fingerprint density at radius 1 is 1.02 bits per heavy atom. The molecule has 0 saturated carbocycles. The van der Waals surface area contributed by atoms with Gasteiger partial charge in [0.25, 0.3) is 0 Å². The number of piperazine rings is 1. The van der Waals surface area contributed by atoms with Crippen molar-refractivity contribution in [3.63, 3.8) is 0 Å². The molecule has 1 fully saturated rings. The molecule has 3 aromatic carbocycles. The molecule has 5 heterocycles. The first-order valence-corrected chi connectivity index (χ1v) is 18.1. The highest BCUT2D eigenvalue weighted by atomic mass is 32.1. The minimum Gasteiger partial charge on any atom is -0.504 e. The van der Waals surface area contributed by atoms with Crippen LogP contribution in [0.15, 0.2) is 18.2 Å². The lowest BCUT2D eigenvalue weighted by Crippen LogP contribution is -2.69. The third-order valence-electron chi connectivity index (χ3n) is 11.5. The Morgan fingerprint density at radius 2 is 1.77 bits per heavy atom. The van der Waals surface area contributed by atoms with Crippen LogP contribution in [-0.4, -0.2) is 96.6 Å². The number of nitrogens with zero attached hydrogens (tertiary/aromatic N) is 2. The van der Waals surface area contributed by atoms with Gasteiger partial charge in [-0.05, 0) is 68.1 Å². The molecular weight excluding hydrogens is 706 g/mol. The fourth-order valence-corrected chi connectivity index (χ4v) is 9.86. The zero-order valence-electron chi connectivity index (χ0n) is 30.3. The second kappa shape index (κ2) is 13.2. The topological polar surface area (TPSA) is 169 Å². The van der Waals surface area contributed by atoms with Crippen LogP contribution in [0.25, 0.3) is 0 Å². The number of phenols is 2. The Hall–Kier alpha value is -4.41. The number of ether oxygens (including phenoxy) is 6. The molecule has 7 atom stereocenters. The quantitative estimate of drug-likeness (QED) is 0.141. The van der Waals surface area contributed by atoms with Crippen molar-refractivity contribution in [1.82, 2.24) is 15.1 Å². The molecule has 0 aliphatic carbocycles. The predicted molar refractivity (Wildman–Crippen MR) is 192 cm³/mol. The van der Waals surface area contributed by atoms with E-state index in [1.807, 2.05) is 24.9 Å². The van der Waals surface area contributed by atoms with Gasteiger partial charge >= 0.3 is 11.9 Å². The number of carbonyl (C=O) groups excluding carboxylic acids is 2. The third-order valence-corrected chi connectivity index (χ3v) is 12.1. The van der Waals surface area contributed by atoms with Gasteiger partial charge in [0.2, 0.25) is 6.79 Å². The number of likely N-dealkylation sites (N-methyl/N-ethyl adjacent to an activating group) is 1. The first kappa shape index (κ1) is 35.6. The van der Waals surface area contributed by atoms with Crippen molar-refractivity contribution in [3.8, 4) is 40.2 Å². The van der Waals surface area contributed by atoms with Crippen molar-refractivity contribution in [1.29, 1.82) is 0 Å². The molecule has 14 nitrogen and oxygen atoms in total. The summed E-state index contributed by atoms with van der Waals surface area (Å²) in [7, 11) is 4.86. The second-order valence-corrected chi connectivity index (χ2v) is 14.8. The number of thiol groups is 1. The summed E-state index contributed by atoms with van der Waals surface area (Å²) < 4.78 is 35.2. The number of rotatable bonds is 6. The number of fused-ring (bicyclic) bond motifs is 10. The Balaban J connectivity index is 1.28. The van der Waals surface area contributed by atoms with Crippen molar-refractivity contribution in [2.75, 3.05) is 41.2 Å². The van der Waals surface area contributed by atoms with Gasteiger partial charge in [-0.1, -0.05) is 6.07 Å². The number of nitrogens with one attached hydrogen (secondary N) is 1. The summed E-state index contributed by atoms with van der Waals surface area (Å²) in [6.45, 7) is 5.11. The first-order valence-electron chi connectivity index (χ1n) is 17.6. The lowest BCUT2D eigenvalue weighted by molar-refractivity contribution is -0.184. The van der Waals surface area contributed by atoms with Crippen LogP contribution in [0.4, 0.5) is 0 Å². The minimum absolute atomic E-state index is 0.00836. The number of benzene rings is 3. The molecule has 4 N–H and O–H groups in total. The molecule has 53 heavy (non-hydrogen) atoms. The van der Waals surface area contributed by atoms with E-state index >= 15 is 0 Å². The average molecular weight is 750 g/mol. The van der Waals surface area contributed by atoms with Gasteiger partial charge in [0.05, 0.1) is 32.3 Å². The monoisotopic (exact) mass is 749 g/mol. The minimum atomic E-state index is -1.09. The van der Waals surface area contributed by atoms with Crippen LogP contribution < -0.4 is 29.0 Å². The molecular formula is C38H43N3O11S. The maximum atomic E-state index is 14.1. The van der Waals surface area contributed by atoms with Crippen LogP contribution in [0, 0.1) is 13.8 Å². The van der Waals surface area contributed by atoms with Crippen LogP contribution in [0.1, 0.15) is 74.8 Å². The van der Waals surface area contributed by atoms with E-state index < -0.39 is 53.6 Å². The molecule has 0 spiro atoms. The molecule has 0 aromatic heterocycles. The molecule has 0 radical (unpaired) electrons. The summed E-state index contributed by atoms with van der Waals surface area (Å²) in [6, 6.07) is 1.92. The molecule has 0 amide bonds. The number of carbonyl (C=O) groups is 2. The number of aryl methyl sites for hydroxylation is 1. The number of aliphatic hydroxyl groups excluding tert-OH is 1. The van der Waals surface area contributed by atoms with Crippen molar-refractivity contribution < 1.29 is 53.3 Å². The zero-order chi connectivity index (χ0) is 37.6. The molecule has 2 bridgehead atoms. The van der Waals surface area contributed by atoms with Crippen LogP contribution in [0.2, 0.25) is 0 Å². The summed E-state index contributed by atoms with van der Waals surface area (Å²) in [5, 5.41) is 37.2. The van der Waals surface area contributed by atoms with E-state index in [1.165, 1.54) is 21.1 Å². The van der Waals surface area contributed by atoms with Crippen LogP contribution in [-0.2, 0) is 27.2 Å². The van der Waals surface area contributed by atoms with Crippen LogP contribution in [0.5, 0.6) is 40.2 Å². The van der Waals surface area contributed by atoms with Gasteiger partial charge in [-0.25, -0.2) is 4.79 Å². The summed E-state index contributed by atoms with van der Waals surface area (Å²) in [5.41, 5.74) is 5.33. The summed E-state index contributed by atoms with van der Waals surface area (Å²) in [5.74, 6) is 0.493. The Kier molecular flexibility index (Phi) is 8.84. The highest BCUT2D eigenvalue weighted by molar-refractivity contribution is 7.80. The molecule has 0 unspecified atom stereocenters. The summed E-state index contributed by atoms with van der Waals surface area (Å²) in [6.07, 6.45) is -0.0830. The van der Waals surface area contributed by atoms with Crippen molar-refractivity contribution in [2.45, 2.75) is 75.3 Å². The second-order valence-electron chi connectivity index (χ2n) is 14.3. The first-order chi connectivity index (χ1) is 25.4. The van der Waals surface area contributed by atoms with Gasteiger partial charge in [0.1, 0.15) is 24.6 Å². The number of aliphatic hydroxyl groups is 1. The molecule has 1 saturated heterocycles. The van der Waals surface area contributed by atoms with Gasteiger partial charge < -0.3 is 49.1 Å². The molecule has 15 heteroatoms. The Labute approximate surface area is 311 Å². The fourth-order valence-electron chi connectivity index (χ4n) is 9.28. The van der Waals surface area contributed by atoms with E-state index in [1.54, 1.807) is 19.1 Å². The normalized spacial score (nSPS) is 26.8. The van der Waals surface area contributed by atoms with Gasteiger partial charge in [-0.15, -0.1) is 0 Å². The highest BCUT2D eigenvalue weighted by Gasteiger charge is 2.59. The summed E-state index contributed by atoms with van der Waals surface area (Å²) >= 11 is 5.25. The number of phenolic OH excluding ortho intramolecular Hbond substituents is 2. The van der Waals surface area contributed by atoms with E-state index in [0.717, 1.165) is 16.7 Å². The smallest absolute Gasteiger partial charge is 0.327 e. The largest absolute Gasteiger partial charge is 0.504 e. The Morgan fingerprint density at radius 3 is 2.49 bits per heavy atom. The van der Waals surface area contributed by atoms with Crippen LogP contribution >= 0.6 is 12.6 Å². The molecule has 3 aromatic rings. The average Bonchev–Trinajstić information content (AvgIpc) is 3.61. The summed E-state index contributed by atoms with van der Waals surface area (Å²) in [4.78, 5) is 30.7. The zero-order valence-corrected chi connectivity index (χ0v) is 31.2. The number of methoxy groups -OCH3 is 2. The van der Waals surface area contributed by atoms with E-state index in [0.29, 0.717) is 64.5 Å². The van der Waals surface area contributed by atoms with E-state index in [9.17, 15) is 24.9 Å². The molecule has 8 rings (SSSR count). The SMILES string of the molecule is COc1cc2c(cc1O)CCN[C@@H]2C(=O)OC[C@H]1c2c3c(c(C)c(OC(C)=O)c2[C@@H](S)[C@H]2[C@H]4c5c(cc(C)c(OC)c5O)C[C@@H]([C@H](O)N21)N4C)OCO3. The van der Waals surface area contributed by atoms with Gasteiger partial charge in [0.15, 0.2) is 34.5 Å². The Bertz CT molecular complexity index is 2040. The van der Waals surface area contributed by atoms with E-state index in [4.69, 9.17) is 41.0 Å². The fraction of sp³-hybridized carbons (Fsp3) is 0.474. The lowest BCUT2D eigenvalue weighted by atomic mass is 9.73. The number of hydrogen-bond acceptors (Lipinski definition) is 15. The lowest BCUT2D eigenvalue weighted by Gasteiger charge is -2.61. The third kappa shape index (κ3) is 5.30. The number of aromatic hydroxyl groups is 2. The standard InChI is InChI=1S/C38H43N3O11S/c1-15-9-19-10-21-37(45)41-22(13-49-38(46)28-20-12-24(47-5)23(43)11-18(20)7-8-39-28)26-27(33(52-17(3)42)16(2)34-35(26)51-14-50-34)36(53)30(41)29(40(21)4)25(19)31(44)32(15)48-6/h9,11-12,21-22,28-30,36-37,39,43-45,53H,7-8,10,13-14H2,1-6H3/t21-,22-,28-,29+,30+,36+,37-/m0/s1. The molecule has 282 valence electrons. The molecule has 5 aliphatic heterocycles. The van der Waals surface area contributed by atoms with Crippen molar-refractivity contribution in [2.24, 2.45) is 0 Å².